The van der Waals surface area contributed by atoms with Gasteiger partial charge < -0.3 is 24.2 Å². The monoisotopic (exact) mass is 392 g/mol. The Bertz CT molecular complexity index is 601. The molecule has 3 heterocycles. The minimum atomic E-state index is 0.305. The summed E-state index contributed by atoms with van der Waals surface area (Å²) in [6.07, 6.45) is 7.15. The third kappa shape index (κ3) is 5.70. The van der Waals surface area contributed by atoms with Crippen LogP contribution in [0.4, 0.5) is 0 Å². The highest BCUT2D eigenvalue weighted by Gasteiger charge is 2.24. The average Bonchev–Trinajstić information content (AvgIpc) is 3.41. The fraction of sp³-hybridized carbons (Fsp3) is 0.810. The van der Waals surface area contributed by atoms with Crippen LogP contribution in [0, 0.1) is 0 Å². The van der Waals surface area contributed by atoms with Gasteiger partial charge in [0.1, 0.15) is 0 Å². The molecule has 2 aliphatic rings. The lowest BCUT2D eigenvalue weighted by Gasteiger charge is -2.34. The van der Waals surface area contributed by atoms with E-state index in [4.69, 9.17) is 14.0 Å². The molecule has 0 bridgehead atoms. The predicted molar refractivity (Wildman–Crippen MR) is 110 cm³/mol. The van der Waals surface area contributed by atoms with Gasteiger partial charge in [-0.2, -0.15) is 0 Å². The second kappa shape index (κ2) is 10.8. The van der Waals surface area contributed by atoms with Gasteiger partial charge in [0, 0.05) is 38.7 Å². The van der Waals surface area contributed by atoms with Gasteiger partial charge in [-0.15, -0.1) is 0 Å². The molecule has 0 aromatic carbocycles. The number of likely N-dealkylation sites (tertiary alicyclic amines) is 1. The lowest BCUT2D eigenvalue weighted by atomic mass is 9.99. The SMILES string of the molecule is CCC(CC)c1cc(CNC(=NC)N2CCC(OCC3CCCO3)CC2)on1. The van der Waals surface area contributed by atoms with Crippen molar-refractivity contribution in [2.75, 3.05) is 33.4 Å². The molecule has 0 spiro atoms. The van der Waals surface area contributed by atoms with Crippen molar-refractivity contribution in [3.05, 3.63) is 17.5 Å². The minimum Gasteiger partial charge on any atom is -0.376 e. The summed E-state index contributed by atoms with van der Waals surface area (Å²) in [4.78, 5) is 6.74. The van der Waals surface area contributed by atoms with E-state index in [1.54, 1.807) is 0 Å². The van der Waals surface area contributed by atoms with Crippen LogP contribution in [0.3, 0.4) is 0 Å². The number of nitrogens with one attached hydrogen (secondary N) is 1. The Balaban J connectivity index is 1.41. The van der Waals surface area contributed by atoms with Gasteiger partial charge in [0.05, 0.1) is 31.1 Å². The van der Waals surface area contributed by atoms with Crippen LogP contribution < -0.4 is 5.32 Å². The van der Waals surface area contributed by atoms with Gasteiger partial charge in [0.15, 0.2) is 11.7 Å². The van der Waals surface area contributed by atoms with Gasteiger partial charge in [-0.1, -0.05) is 19.0 Å². The smallest absolute Gasteiger partial charge is 0.194 e. The maximum absolute atomic E-state index is 6.07. The molecule has 0 radical (unpaired) electrons. The summed E-state index contributed by atoms with van der Waals surface area (Å²) in [5.74, 6) is 2.25. The lowest BCUT2D eigenvalue weighted by molar-refractivity contribution is -0.0367. The normalized spacial score (nSPS) is 21.6. The maximum Gasteiger partial charge on any atom is 0.194 e. The highest BCUT2D eigenvalue weighted by Crippen LogP contribution is 2.22. The molecule has 158 valence electrons. The molecule has 1 N–H and O–H groups in total. The number of aromatic nitrogens is 1. The zero-order chi connectivity index (χ0) is 19.8. The first-order valence-corrected chi connectivity index (χ1v) is 10.9. The largest absolute Gasteiger partial charge is 0.376 e. The zero-order valence-corrected chi connectivity index (χ0v) is 17.7. The number of hydrogen-bond donors (Lipinski definition) is 1. The zero-order valence-electron chi connectivity index (χ0n) is 17.7. The van der Waals surface area contributed by atoms with Crippen molar-refractivity contribution in [3.8, 4) is 0 Å². The number of guanidine groups is 1. The molecule has 2 saturated heterocycles. The first-order valence-electron chi connectivity index (χ1n) is 10.9. The average molecular weight is 393 g/mol. The molecule has 0 aliphatic carbocycles. The summed E-state index contributed by atoms with van der Waals surface area (Å²) in [5, 5.41) is 7.66. The van der Waals surface area contributed by atoms with E-state index in [9.17, 15) is 0 Å². The van der Waals surface area contributed by atoms with E-state index in [0.29, 0.717) is 24.7 Å². The van der Waals surface area contributed by atoms with Crippen LogP contribution in [0.2, 0.25) is 0 Å². The van der Waals surface area contributed by atoms with E-state index in [1.807, 2.05) is 7.05 Å². The van der Waals surface area contributed by atoms with Crippen LogP contribution in [0.1, 0.15) is 69.7 Å². The van der Waals surface area contributed by atoms with Crippen molar-refractivity contribution in [3.63, 3.8) is 0 Å². The van der Waals surface area contributed by atoms with E-state index in [1.165, 1.54) is 6.42 Å². The van der Waals surface area contributed by atoms with E-state index < -0.39 is 0 Å². The summed E-state index contributed by atoms with van der Waals surface area (Å²) >= 11 is 0. The van der Waals surface area contributed by atoms with Gasteiger partial charge in [-0.25, -0.2) is 0 Å². The highest BCUT2D eigenvalue weighted by molar-refractivity contribution is 5.79. The molecular formula is C21H36N4O3. The fourth-order valence-electron chi connectivity index (χ4n) is 4.06. The molecule has 0 saturated carbocycles. The van der Waals surface area contributed by atoms with Crippen LogP contribution in [0.15, 0.2) is 15.6 Å². The second-order valence-corrected chi connectivity index (χ2v) is 7.79. The van der Waals surface area contributed by atoms with Crippen molar-refractivity contribution in [2.24, 2.45) is 4.99 Å². The number of aliphatic imine (C=N–C) groups is 1. The quantitative estimate of drug-likeness (QED) is 0.540. The first-order chi connectivity index (χ1) is 13.7. The minimum absolute atomic E-state index is 0.305. The van der Waals surface area contributed by atoms with Gasteiger partial charge in [0.2, 0.25) is 0 Å². The van der Waals surface area contributed by atoms with Crippen molar-refractivity contribution in [1.29, 1.82) is 0 Å². The Hall–Kier alpha value is -1.60. The summed E-state index contributed by atoms with van der Waals surface area (Å²) in [6.45, 7) is 8.51. The third-order valence-electron chi connectivity index (χ3n) is 5.90. The molecule has 3 rings (SSSR count). The molecule has 1 unspecified atom stereocenters. The van der Waals surface area contributed by atoms with Crippen LogP contribution in [0.5, 0.6) is 0 Å². The molecule has 7 heteroatoms. The molecule has 1 aromatic heterocycles. The number of hydrogen-bond acceptors (Lipinski definition) is 5. The Morgan fingerprint density at radius 1 is 1.32 bits per heavy atom. The topological polar surface area (TPSA) is 72.1 Å². The summed E-state index contributed by atoms with van der Waals surface area (Å²) < 4.78 is 17.2. The van der Waals surface area contributed by atoms with E-state index >= 15 is 0 Å². The lowest BCUT2D eigenvalue weighted by Crippen LogP contribution is -2.47. The Morgan fingerprint density at radius 3 is 2.75 bits per heavy atom. The summed E-state index contributed by atoms with van der Waals surface area (Å²) in [6, 6.07) is 2.07. The van der Waals surface area contributed by atoms with Gasteiger partial charge >= 0.3 is 0 Å². The maximum atomic E-state index is 6.07. The Labute approximate surface area is 168 Å². The van der Waals surface area contributed by atoms with Crippen molar-refractivity contribution < 1.29 is 14.0 Å². The summed E-state index contributed by atoms with van der Waals surface area (Å²) in [5.41, 5.74) is 1.06. The number of piperidine rings is 1. The second-order valence-electron chi connectivity index (χ2n) is 7.79. The molecule has 28 heavy (non-hydrogen) atoms. The summed E-state index contributed by atoms with van der Waals surface area (Å²) in [7, 11) is 1.83. The van der Waals surface area contributed by atoms with Gasteiger partial charge in [0.25, 0.3) is 0 Å². The van der Waals surface area contributed by atoms with Crippen molar-refractivity contribution in [2.45, 2.75) is 77.0 Å². The molecule has 0 amide bonds. The van der Waals surface area contributed by atoms with Gasteiger partial charge in [-0.05, 0) is 38.5 Å². The fourth-order valence-corrected chi connectivity index (χ4v) is 4.06. The predicted octanol–water partition coefficient (Wildman–Crippen LogP) is 3.31. The van der Waals surface area contributed by atoms with Crippen LogP contribution in [0.25, 0.3) is 0 Å². The van der Waals surface area contributed by atoms with Crippen LogP contribution in [-0.2, 0) is 16.0 Å². The molecule has 7 nitrogen and oxygen atoms in total. The molecular weight excluding hydrogens is 356 g/mol. The Kier molecular flexibility index (Phi) is 8.15. The van der Waals surface area contributed by atoms with E-state index in [0.717, 1.165) is 75.8 Å². The molecule has 1 aromatic rings. The number of rotatable bonds is 8. The molecule has 1 atom stereocenters. The Morgan fingerprint density at radius 2 is 2.11 bits per heavy atom. The molecule has 2 aliphatic heterocycles. The number of nitrogens with zero attached hydrogens (tertiary/aromatic N) is 3. The van der Waals surface area contributed by atoms with Crippen LogP contribution in [-0.4, -0.2) is 61.6 Å². The van der Waals surface area contributed by atoms with Crippen molar-refractivity contribution >= 4 is 5.96 Å². The van der Waals surface area contributed by atoms with Gasteiger partial charge in [-0.3, -0.25) is 4.99 Å². The first kappa shape index (κ1) is 21.1. The number of ether oxygens (including phenoxy) is 2. The third-order valence-corrected chi connectivity index (χ3v) is 5.90. The molecule has 2 fully saturated rings. The van der Waals surface area contributed by atoms with E-state index in [-0.39, 0.29) is 0 Å². The van der Waals surface area contributed by atoms with Crippen molar-refractivity contribution in [1.82, 2.24) is 15.4 Å². The van der Waals surface area contributed by atoms with Crippen LogP contribution >= 0.6 is 0 Å². The highest BCUT2D eigenvalue weighted by atomic mass is 16.5. The van der Waals surface area contributed by atoms with E-state index in [2.05, 4.69) is 40.3 Å². The standard InChI is InChI=1S/C21H36N4O3/c1-4-16(5-2)20-13-19(28-24-20)14-23-21(22-3)25-10-8-17(9-11-25)27-15-18-7-6-12-26-18/h13,16-18H,4-12,14-15H2,1-3H3,(H,22,23).